The number of nitrogens with zero attached hydrogens (tertiary/aromatic N) is 4. The van der Waals surface area contributed by atoms with Crippen LogP contribution in [0.2, 0.25) is 10.0 Å². The molecule has 0 radical (unpaired) electrons. The first-order valence-corrected chi connectivity index (χ1v) is 10.8. The van der Waals surface area contributed by atoms with Gasteiger partial charge in [-0.3, -0.25) is 9.59 Å². The third-order valence-electron chi connectivity index (χ3n) is 3.53. The standard InChI is InChI=1S/C16H19Cl2N5O3S2/c1-3-12(19-16(25)27-8-7-26-2)13(24)9-23-15(20-21-22-23)28-14-10(17)5-4-6-11(14)18/h4-6,12H,3,7-9H2,1-2H3,(H,19,25). The summed E-state index contributed by atoms with van der Waals surface area (Å²) in [6, 6.07) is 4.52. The molecule has 8 nitrogen and oxygen atoms in total. The molecule has 1 heterocycles. The highest BCUT2D eigenvalue weighted by Crippen LogP contribution is 2.37. The maximum absolute atomic E-state index is 12.6. The topological polar surface area (TPSA) is 99.0 Å². The SMILES string of the molecule is CCC(NC(=O)SCCOC)C(=O)Cn1nnnc1Sc1c(Cl)cccc1Cl. The zero-order valence-electron chi connectivity index (χ0n) is 15.2. The highest BCUT2D eigenvalue weighted by Gasteiger charge is 2.22. The van der Waals surface area contributed by atoms with E-state index in [9.17, 15) is 9.59 Å². The minimum absolute atomic E-state index is 0.0844. The molecule has 0 aliphatic heterocycles. The average Bonchev–Trinajstić information content (AvgIpc) is 3.09. The molecule has 0 fully saturated rings. The molecule has 2 aromatic rings. The number of hydrogen-bond acceptors (Lipinski definition) is 8. The van der Waals surface area contributed by atoms with Crippen LogP contribution in [0.15, 0.2) is 28.3 Å². The van der Waals surface area contributed by atoms with Crippen molar-refractivity contribution in [2.45, 2.75) is 36.0 Å². The van der Waals surface area contributed by atoms with E-state index in [1.165, 1.54) is 16.4 Å². The van der Waals surface area contributed by atoms with Crippen LogP contribution in [0.5, 0.6) is 0 Å². The lowest BCUT2D eigenvalue weighted by molar-refractivity contribution is -0.121. The van der Waals surface area contributed by atoms with Gasteiger partial charge in [0, 0.05) is 12.9 Å². The van der Waals surface area contributed by atoms with Crippen molar-refractivity contribution < 1.29 is 14.3 Å². The summed E-state index contributed by atoms with van der Waals surface area (Å²) in [5.74, 6) is 0.307. The van der Waals surface area contributed by atoms with Crippen molar-refractivity contribution in [2.75, 3.05) is 19.5 Å². The fraction of sp³-hybridized carbons (Fsp3) is 0.438. The monoisotopic (exact) mass is 463 g/mol. The van der Waals surface area contributed by atoms with E-state index in [0.717, 1.165) is 11.8 Å². The lowest BCUT2D eigenvalue weighted by atomic mass is 10.1. The normalized spacial score (nSPS) is 12.0. The summed E-state index contributed by atoms with van der Waals surface area (Å²) in [5.41, 5.74) is 0. The molecule has 1 unspecified atom stereocenters. The van der Waals surface area contributed by atoms with Crippen molar-refractivity contribution in [3.63, 3.8) is 0 Å². The quantitative estimate of drug-likeness (QED) is 0.533. The Hall–Kier alpha value is -1.33. The maximum atomic E-state index is 12.6. The third-order valence-corrected chi connectivity index (χ3v) is 6.25. The maximum Gasteiger partial charge on any atom is 0.279 e. The molecule has 1 atom stereocenters. The second kappa shape index (κ2) is 11.6. The van der Waals surface area contributed by atoms with E-state index in [1.807, 2.05) is 6.92 Å². The molecular formula is C16H19Cl2N5O3S2. The Balaban J connectivity index is 2.02. The summed E-state index contributed by atoms with van der Waals surface area (Å²) in [6.07, 6.45) is 0.455. The smallest absolute Gasteiger partial charge is 0.279 e. The molecule has 0 bridgehead atoms. The molecule has 0 aliphatic rings. The van der Waals surface area contributed by atoms with Crippen LogP contribution in [-0.2, 0) is 16.1 Å². The first-order chi connectivity index (χ1) is 13.5. The Morgan fingerprint density at radius 3 is 2.68 bits per heavy atom. The number of amides is 1. The highest BCUT2D eigenvalue weighted by molar-refractivity contribution is 8.13. The van der Waals surface area contributed by atoms with E-state index in [4.69, 9.17) is 27.9 Å². The molecule has 1 amide bonds. The van der Waals surface area contributed by atoms with Crippen LogP contribution in [0, 0.1) is 0 Å². The number of carbonyl (C=O) groups is 2. The number of hydrogen-bond donors (Lipinski definition) is 1. The Morgan fingerprint density at radius 1 is 1.32 bits per heavy atom. The van der Waals surface area contributed by atoms with Crippen molar-refractivity contribution in [3.05, 3.63) is 28.2 Å². The summed E-state index contributed by atoms with van der Waals surface area (Å²) in [4.78, 5) is 25.2. The van der Waals surface area contributed by atoms with E-state index >= 15 is 0 Å². The fourth-order valence-corrected chi connectivity index (χ4v) is 4.20. The number of ketones is 1. The number of benzene rings is 1. The van der Waals surface area contributed by atoms with E-state index in [2.05, 4.69) is 20.8 Å². The summed E-state index contributed by atoms with van der Waals surface area (Å²) in [7, 11) is 1.56. The zero-order valence-corrected chi connectivity index (χ0v) is 18.4. The zero-order chi connectivity index (χ0) is 20.5. The molecule has 0 saturated carbocycles. The van der Waals surface area contributed by atoms with Gasteiger partial charge in [0.25, 0.3) is 5.24 Å². The predicted molar refractivity (Wildman–Crippen MR) is 110 cm³/mol. The van der Waals surface area contributed by atoms with Gasteiger partial charge in [-0.05, 0) is 40.7 Å². The van der Waals surface area contributed by atoms with Crippen LogP contribution in [0.3, 0.4) is 0 Å². The minimum Gasteiger partial charge on any atom is -0.384 e. The van der Waals surface area contributed by atoms with Crippen LogP contribution in [0.4, 0.5) is 4.79 Å². The molecule has 0 spiro atoms. The number of Topliss-reactive ketones (excluding diaryl/α,β-unsaturated/α-hetero) is 1. The Labute approximate surface area is 181 Å². The summed E-state index contributed by atoms with van der Waals surface area (Å²) < 4.78 is 6.27. The lowest BCUT2D eigenvalue weighted by Gasteiger charge is -2.15. The molecule has 1 aromatic carbocycles. The Morgan fingerprint density at radius 2 is 2.04 bits per heavy atom. The summed E-state index contributed by atoms with van der Waals surface area (Å²) >= 11 is 14.6. The average molecular weight is 464 g/mol. The highest BCUT2D eigenvalue weighted by atomic mass is 35.5. The summed E-state index contributed by atoms with van der Waals surface area (Å²) in [5, 5.41) is 15.2. The number of aromatic nitrogens is 4. The largest absolute Gasteiger partial charge is 0.384 e. The molecule has 28 heavy (non-hydrogen) atoms. The van der Waals surface area contributed by atoms with Gasteiger partial charge in [-0.1, -0.05) is 48.0 Å². The van der Waals surface area contributed by atoms with Gasteiger partial charge in [0.05, 0.1) is 27.6 Å². The van der Waals surface area contributed by atoms with Crippen LogP contribution < -0.4 is 5.32 Å². The molecule has 12 heteroatoms. The first kappa shape index (κ1) is 23.0. The van der Waals surface area contributed by atoms with Crippen LogP contribution in [-0.4, -0.2) is 56.7 Å². The second-order valence-electron chi connectivity index (χ2n) is 5.47. The molecule has 1 N–H and O–H groups in total. The van der Waals surface area contributed by atoms with Crippen LogP contribution in [0.1, 0.15) is 13.3 Å². The predicted octanol–water partition coefficient (Wildman–Crippen LogP) is 3.57. The van der Waals surface area contributed by atoms with Crippen molar-refractivity contribution >= 4 is 57.7 Å². The number of tetrazole rings is 1. The van der Waals surface area contributed by atoms with Crippen molar-refractivity contribution in [1.29, 1.82) is 0 Å². The van der Waals surface area contributed by atoms with Crippen molar-refractivity contribution in [3.8, 4) is 0 Å². The number of thioether (sulfide) groups is 1. The van der Waals surface area contributed by atoms with Gasteiger partial charge in [0.2, 0.25) is 5.16 Å². The first-order valence-electron chi connectivity index (χ1n) is 8.29. The van der Waals surface area contributed by atoms with E-state index in [1.54, 1.807) is 25.3 Å². The number of carbonyl (C=O) groups excluding carboxylic acids is 2. The molecule has 0 saturated heterocycles. The lowest BCUT2D eigenvalue weighted by Crippen LogP contribution is -2.40. The fourth-order valence-electron chi connectivity index (χ4n) is 2.11. The van der Waals surface area contributed by atoms with Gasteiger partial charge in [-0.2, -0.15) is 0 Å². The van der Waals surface area contributed by atoms with E-state index < -0.39 is 6.04 Å². The van der Waals surface area contributed by atoms with Crippen molar-refractivity contribution in [2.24, 2.45) is 0 Å². The van der Waals surface area contributed by atoms with Gasteiger partial charge in [0.1, 0.15) is 6.54 Å². The number of rotatable bonds is 10. The van der Waals surface area contributed by atoms with E-state index in [0.29, 0.717) is 38.9 Å². The van der Waals surface area contributed by atoms with Gasteiger partial charge in [-0.25, -0.2) is 4.68 Å². The number of halogens is 2. The minimum atomic E-state index is -0.631. The van der Waals surface area contributed by atoms with E-state index in [-0.39, 0.29) is 17.6 Å². The van der Waals surface area contributed by atoms with Crippen LogP contribution >= 0.6 is 46.7 Å². The summed E-state index contributed by atoms with van der Waals surface area (Å²) in [6.45, 7) is 2.19. The number of nitrogens with one attached hydrogen (secondary N) is 1. The third kappa shape index (κ3) is 6.63. The van der Waals surface area contributed by atoms with Crippen LogP contribution in [0.25, 0.3) is 0 Å². The molecule has 0 aliphatic carbocycles. The second-order valence-corrected chi connectivity index (χ2v) is 8.33. The van der Waals surface area contributed by atoms with Gasteiger partial charge >= 0.3 is 0 Å². The number of methoxy groups -OCH3 is 1. The van der Waals surface area contributed by atoms with Gasteiger partial charge < -0.3 is 10.1 Å². The molecule has 2 rings (SSSR count). The Bertz CT molecular complexity index is 801. The number of ether oxygens (including phenoxy) is 1. The molecule has 152 valence electrons. The van der Waals surface area contributed by atoms with Crippen molar-refractivity contribution in [1.82, 2.24) is 25.5 Å². The van der Waals surface area contributed by atoms with Gasteiger partial charge in [-0.15, -0.1) is 5.10 Å². The molecular weight excluding hydrogens is 445 g/mol. The Kier molecular flexibility index (Phi) is 9.52. The van der Waals surface area contributed by atoms with Gasteiger partial charge in [0.15, 0.2) is 5.78 Å². The molecule has 1 aromatic heterocycles.